The molecular formula is C34H28N2O7S. The van der Waals surface area contributed by atoms with Crippen LogP contribution in [0.3, 0.4) is 0 Å². The number of benzene rings is 4. The number of ether oxygens (including phenoxy) is 2. The summed E-state index contributed by atoms with van der Waals surface area (Å²) in [6, 6.07) is 27.2. The van der Waals surface area contributed by atoms with E-state index in [4.69, 9.17) is 13.9 Å². The van der Waals surface area contributed by atoms with Gasteiger partial charge >= 0.3 is 5.63 Å². The number of anilines is 1. The number of aromatic hydroxyl groups is 1. The van der Waals surface area contributed by atoms with Crippen LogP contribution >= 0.6 is 11.8 Å². The molecule has 0 radical (unpaired) electrons. The Hall–Kier alpha value is -5.48. The Morgan fingerprint density at radius 2 is 1.68 bits per heavy atom. The minimum absolute atomic E-state index is 0.0112. The zero-order chi connectivity index (χ0) is 31.1. The van der Waals surface area contributed by atoms with Gasteiger partial charge in [0.1, 0.15) is 28.5 Å². The van der Waals surface area contributed by atoms with Crippen molar-refractivity contribution in [3.05, 3.63) is 130 Å². The van der Waals surface area contributed by atoms with Crippen LogP contribution in [0.2, 0.25) is 0 Å². The molecule has 0 aliphatic carbocycles. The molecule has 9 nitrogen and oxygen atoms in total. The number of methoxy groups -OCH3 is 2. The Kier molecular flexibility index (Phi) is 9.31. The molecule has 222 valence electrons. The van der Waals surface area contributed by atoms with Crippen molar-refractivity contribution in [2.24, 2.45) is 0 Å². The molecule has 10 heteroatoms. The Morgan fingerprint density at radius 1 is 0.909 bits per heavy atom. The van der Waals surface area contributed by atoms with Gasteiger partial charge in [0.25, 0.3) is 11.8 Å². The summed E-state index contributed by atoms with van der Waals surface area (Å²) in [5, 5.41) is 15.9. The maximum absolute atomic E-state index is 13.4. The smallest absolute Gasteiger partial charge is 0.340 e. The monoisotopic (exact) mass is 608 g/mol. The summed E-state index contributed by atoms with van der Waals surface area (Å²) in [5.41, 5.74) is 1.82. The number of phenols is 1. The highest BCUT2D eigenvalue weighted by atomic mass is 32.2. The lowest BCUT2D eigenvalue weighted by Gasteiger charge is -2.13. The number of hydrogen-bond donors (Lipinski definition) is 3. The molecule has 0 spiro atoms. The topological polar surface area (TPSA) is 127 Å². The summed E-state index contributed by atoms with van der Waals surface area (Å²) >= 11 is 1.43. The van der Waals surface area contributed by atoms with E-state index in [-0.39, 0.29) is 11.4 Å². The summed E-state index contributed by atoms with van der Waals surface area (Å²) in [7, 11) is 3.05. The van der Waals surface area contributed by atoms with Gasteiger partial charge in [-0.1, -0.05) is 18.2 Å². The summed E-state index contributed by atoms with van der Waals surface area (Å²) in [4.78, 5) is 39.7. The quantitative estimate of drug-likeness (QED) is 0.0970. The zero-order valence-corrected chi connectivity index (χ0v) is 24.6. The lowest BCUT2D eigenvalue weighted by molar-refractivity contribution is -0.113. The standard InChI is InChI=1S/C34H28N2O7S/c1-41-27-13-9-23(30(19-27)42-2)17-29(36-32(38)21-6-4-3-5-7-21)33(39)35-25-10-14-28(15-11-25)44-20-24-16-22-8-12-26(37)18-31(22)43-34(24)40/h3-19,37H,20H2,1-2H3,(H,35,39)(H,36,38)/b29-17-. The molecule has 0 unspecified atom stereocenters. The number of fused-ring (bicyclic) bond motifs is 1. The molecule has 2 amide bonds. The highest BCUT2D eigenvalue weighted by Gasteiger charge is 2.17. The van der Waals surface area contributed by atoms with Crippen molar-refractivity contribution < 1.29 is 28.6 Å². The molecule has 44 heavy (non-hydrogen) atoms. The van der Waals surface area contributed by atoms with E-state index in [1.165, 1.54) is 37.1 Å². The average Bonchev–Trinajstić information content (AvgIpc) is 3.04. The fraction of sp³-hybridized carbons (Fsp3) is 0.0882. The van der Waals surface area contributed by atoms with Gasteiger partial charge in [-0.15, -0.1) is 11.8 Å². The van der Waals surface area contributed by atoms with Crippen LogP contribution in [-0.2, 0) is 10.5 Å². The van der Waals surface area contributed by atoms with E-state index in [2.05, 4.69) is 10.6 Å². The van der Waals surface area contributed by atoms with E-state index >= 15 is 0 Å². The molecule has 5 rings (SSSR count). The number of thioether (sulfide) groups is 1. The summed E-state index contributed by atoms with van der Waals surface area (Å²) in [5.74, 6) is 0.458. The SMILES string of the molecule is COc1ccc(/C=C(\NC(=O)c2ccccc2)C(=O)Nc2ccc(SCc3cc4ccc(O)cc4oc3=O)cc2)c(OC)c1. The van der Waals surface area contributed by atoms with Crippen LogP contribution in [-0.4, -0.2) is 31.1 Å². The molecule has 1 aromatic heterocycles. The average molecular weight is 609 g/mol. The van der Waals surface area contributed by atoms with Crippen LogP contribution in [0.15, 0.2) is 117 Å². The van der Waals surface area contributed by atoms with Crippen molar-refractivity contribution >= 4 is 46.3 Å². The van der Waals surface area contributed by atoms with Gasteiger partial charge in [0.15, 0.2) is 0 Å². The van der Waals surface area contributed by atoms with Crippen LogP contribution in [0.4, 0.5) is 5.69 Å². The summed E-state index contributed by atoms with van der Waals surface area (Å²) in [6.07, 6.45) is 1.54. The van der Waals surface area contributed by atoms with Gasteiger partial charge in [-0.05, 0) is 72.8 Å². The molecule has 0 aliphatic rings. The fourth-order valence-corrected chi connectivity index (χ4v) is 5.12. The molecular weight excluding hydrogens is 580 g/mol. The van der Waals surface area contributed by atoms with E-state index in [1.807, 2.05) is 12.1 Å². The number of hydrogen-bond acceptors (Lipinski definition) is 8. The highest BCUT2D eigenvalue weighted by molar-refractivity contribution is 7.98. The molecule has 0 fully saturated rings. The van der Waals surface area contributed by atoms with Crippen LogP contribution in [0.1, 0.15) is 21.5 Å². The number of phenolic OH excluding ortho intramolecular Hbond substituents is 1. The minimum Gasteiger partial charge on any atom is -0.508 e. The van der Waals surface area contributed by atoms with Crippen molar-refractivity contribution in [3.8, 4) is 17.2 Å². The lowest BCUT2D eigenvalue weighted by atomic mass is 10.1. The number of nitrogens with one attached hydrogen (secondary N) is 2. The highest BCUT2D eigenvalue weighted by Crippen LogP contribution is 2.28. The first kappa shape index (κ1) is 30.0. The second kappa shape index (κ2) is 13.7. The Labute approximate surface area is 257 Å². The van der Waals surface area contributed by atoms with Gasteiger partial charge in [0.2, 0.25) is 0 Å². The van der Waals surface area contributed by atoms with Crippen molar-refractivity contribution in [3.63, 3.8) is 0 Å². The third kappa shape index (κ3) is 7.29. The first-order chi connectivity index (χ1) is 21.3. The van der Waals surface area contributed by atoms with E-state index < -0.39 is 17.4 Å². The zero-order valence-electron chi connectivity index (χ0n) is 23.8. The van der Waals surface area contributed by atoms with Gasteiger partial charge in [-0.3, -0.25) is 9.59 Å². The van der Waals surface area contributed by atoms with E-state index in [9.17, 15) is 19.5 Å². The Morgan fingerprint density at radius 3 is 2.41 bits per heavy atom. The van der Waals surface area contributed by atoms with Crippen LogP contribution in [0.25, 0.3) is 17.0 Å². The third-order valence-electron chi connectivity index (χ3n) is 6.57. The first-order valence-corrected chi connectivity index (χ1v) is 14.4. The number of rotatable bonds is 10. The largest absolute Gasteiger partial charge is 0.508 e. The van der Waals surface area contributed by atoms with Gasteiger partial charge < -0.3 is 29.6 Å². The van der Waals surface area contributed by atoms with Gasteiger partial charge in [-0.25, -0.2) is 4.79 Å². The van der Waals surface area contributed by atoms with Crippen LogP contribution in [0, 0.1) is 0 Å². The number of amides is 2. The maximum atomic E-state index is 13.4. The van der Waals surface area contributed by atoms with Crippen molar-refractivity contribution in [2.45, 2.75) is 10.6 Å². The molecule has 4 aromatic carbocycles. The van der Waals surface area contributed by atoms with Gasteiger partial charge in [-0.2, -0.15) is 0 Å². The minimum atomic E-state index is -0.535. The number of carbonyl (C=O) groups excluding carboxylic acids is 2. The summed E-state index contributed by atoms with van der Waals surface area (Å²) < 4.78 is 16.1. The van der Waals surface area contributed by atoms with Crippen molar-refractivity contribution in [1.82, 2.24) is 5.32 Å². The van der Waals surface area contributed by atoms with Crippen molar-refractivity contribution in [2.75, 3.05) is 19.5 Å². The normalized spacial score (nSPS) is 11.2. The second-order valence-corrected chi connectivity index (χ2v) is 10.6. The van der Waals surface area contributed by atoms with Gasteiger partial charge in [0.05, 0.1) is 14.2 Å². The van der Waals surface area contributed by atoms with E-state index in [1.54, 1.807) is 79.9 Å². The molecule has 0 saturated heterocycles. The van der Waals surface area contributed by atoms with Crippen LogP contribution < -0.4 is 25.7 Å². The Bertz CT molecular complexity index is 1900. The van der Waals surface area contributed by atoms with Crippen molar-refractivity contribution in [1.29, 1.82) is 0 Å². The number of carbonyl (C=O) groups is 2. The van der Waals surface area contributed by atoms with Crippen LogP contribution in [0.5, 0.6) is 17.2 Å². The predicted octanol–water partition coefficient (Wildman–Crippen LogP) is 6.22. The second-order valence-electron chi connectivity index (χ2n) is 9.53. The summed E-state index contributed by atoms with van der Waals surface area (Å²) in [6.45, 7) is 0. The molecule has 1 heterocycles. The molecule has 0 saturated carbocycles. The molecule has 5 aromatic rings. The first-order valence-electron chi connectivity index (χ1n) is 13.4. The molecule has 0 atom stereocenters. The maximum Gasteiger partial charge on any atom is 0.340 e. The Balaban J connectivity index is 1.32. The lowest BCUT2D eigenvalue weighted by Crippen LogP contribution is -2.30. The predicted molar refractivity (Wildman–Crippen MR) is 170 cm³/mol. The van der Waals surface area contributed by atoms with E-state index in [0.29, 0.717) is 50.6 Å². The van der Waals surface area contributed by atoms with E-state index in [0.717, 1.165) is 4.90 Å². The fourth-order valence-electron chi connectivity index (χ4n) is 4.27. The molecule has 0 aliphatic heterocycles. The third-order valence-corrected chi connectivity index (χ3v) is 7.63. The molecule has 3 N–H and O–H groups in total. The van der Waals surface area contributed by atoms with Gasteiger partial charge in [0, 0.05) is 50.5 Å². The molecule has 0 bridgehead atoms.